The highest BCUT2D eigenvalue weighted by Crippen LogP contribution is 2.38. The van der Waals surface area contributed by atoms with Gasteiger partial charge in [-0.15, -0.1) is 0 Å². The second-order valence-electron chi connectivity index (χ2n) is 5.81. The maximum Gasteiger partial charge on any atom is 0.423 e. The number of aromatic nitrogens is 2. The van der Waals surface area contributed by atoms with Crippen molar-refractivity contribution in [2.75, 3.05) is 12.4 Å². The zero-order valence-electron chi connectivity index (χ0n) is 15.2. The fourth-order valence-corrected chi connectivity index (χ4v) is 2.40. The minimum atomic E-state index is -4.88. The number of para-hydroxylation sites is 1. The van der Waals surface area contributed by atoms with Gasteiger partial charge in [-0.3, -0.25) is 4.79 Å². The molecule has 2 aromatic carbocycles. The molecule has 11 heteroatoms. The van der Waals surface area contributed by atoms with Crippen LogP contribution in [0.3, 0.4) is 0 Å². The first-order valence-electron chi connectivity index (χ1n) is 8.35. The Labute approximate surface area is 166 Å². The minimum absolute atomic E-state index is 0.0302. The van der Waals surface area contributed by atoms with Gasteiger partial charge in [0.05, 0.1) is 11.3 Å². The Morgan fingerprint density at radius 2 is 1.80 bits per heavy atom. The van der Waals surface area contributed by atoms with Crippen LogP contribution >= 0.6 is 0 Å². The first-order valence-corrected chi connectivity index (χ1v) is 8.35. The van der Waals surface area contributed by atoms with Crippen LogP contribution in [0.25, 0.3) is 0 Å². The third-order valence-corrected chi connectivity index (χ3v) is 3.82. The molecule has 6 nitrogen and oxygen atoms in total. The zero-order valence-corrected chi connectivity index (χ0v) is 15.2. The van der Waals surface area contributed by atoms with Gasteiger partial charge in [-0.05, 0) is 24.3 Å². The minimum Gasteiger partial charge on any atom is -0.437 e. The summed E-state index contributed by atoms with van der Waals surface area (Å²) in [5.41, 5.74) is -1.73. The van der Waals surface area contributed by atoms with E-state index in [9.17, 15) is 26.7 Å². The van der Waals surface area contributed by atoms with E-state index in [4.69, 9.17) is 4.74 Å². The van der Waals surface area contributed by atoms with Crippen LogP contribution in [0.15, 0.2) is 48.7 Å². The number of alkyl halides is 3. The average molecular weight is 424 g/mol. The molecular weight excluding hydrogens is 411 g/mol. The summed E-state index contributed by atoms with van der Waals surface area (Å²) >= 11 is 0. The Morgan fingerprint density at radius 1 is 1.07 bits per heavy atom. The fourth-order valence-electron chi connectivity index (χ4n) is 2.40. The molecule has 3 rings (SSSR count). The van der Waals surface area contributed by atoms with Gasteiger partial charge in [0.2, 0.25) is 11.8 Å². The fraction of sp³-hybridized carbons (Fsp3) is 0.105. The van der Waals surface area contributed by atoms with E-state index in [2.05, 4.69) is 20.6 Å². The van der Waals surface area contributed by atoms with Gasteiger partial charge in [-0.1, -0.05) is 18.2 Å². The molecule has 1 amide bonds. The van der Waals surface area contributed by atoms with Crippen molar-refractivity contribution in [3.63, 3.8) is 0 Å². The maximum absolute atomic E-state index is 13.8. The smallest absolute Gasteiger partial charge is 0.423 e. The second kappa shape index (κ2) is 8.31. The lowest BCUT2D eigenvalue weighted by molar-refractivity contribution is -0.139. The third kappa shape index (κ3) is 4.45. The Balaban J connectivity index is 2.03. The third-order valence-electron chi connectivity index (χ3n) is 3.82. The lowest BCUT2D eigenvalue weighted by atomic mass is 10.2. The summed E-state index contributed by atoms with van der Waals surface area (Å²) < 4.78 is 72.6. The topological polar surface area (TPSA) is 76.1 Å². The molecule has 1 aromatic heterocycles. The van der Waals surface area contributed by atoms with Gasteiger partial charge in [0.15, 0.2) is 11.6 Å². The quantitative estimate of drug-likeness (QED) is 0.583. The molecule has 0 unspecified atom stereocenters. The van der Waals surface area contributed by atoms with Gasteiger partial charge in [-0.2, -0.15) is 18.2 Å². The lowest BCUT2D eigenvalue weighted by Crippen LogP contribution is -2.19. The van der Waals surface area contributed by atoms with Crippen LogP contribution in [0.4, 0.5) is 33.6 Å². The molecule has 0 aliphatic rings. The number of benzene rings is 2. The molecular formula is C19H13F5N4O2. The summed E-state index contributed by atoms with van der Waals surface area (Å²) in [6, 6.07) is 8.82. The molecule has 0 aliphatic carbocycles. The van der Waals surface area contributed by atoms with Crippen LogP contribution in [0, 0.1) is 11.6 Å². The van der Waals surface area contributed by atoms with Crippen LogP contribution in [0.1, 0.15) is 15.9 Å². The molecule has 0 bridgehead atoms. The number of hydrogen-bond donors (Lipinski definition) is 2. The van der Waals surface area contributed by atoms with Gasteiger partial charge in [0.25, 0.3) is 5.91 Å². The van der Waals surface area contributed by atoms with Crippen molar-refractivity contribution in [2.24, 2.45) is 0 Å². The molecule has 3 aromatic rings. The summed E-state index contributed by atoms with van der Waals surface area (Å²) in [6.07, 6.45) is -4.44. The van der Waals surface area contributed by atoms with Crippen molar-refractivity contribution in [1.82, 2.24) is 15.3 Å². The highest BCUT2D eigenvalue weighted by Gasteiger charge is 2.37. The van der Waals surface area contributed by atoms with Crippen LogP contribution < -0.4 is 15.4 Å². The number of ether oxygens (including phenoxy) is 1. The van der Waals surface area contributed by atoms with Crippen LogP contribution in [0.5, 0.6) is 11.6 Å². The number of carbonyl (C=O) groups is 1. The highest BCUT2D eigenvalue weighted by atomic mass is 19.4. The van der Waals surface area contributed by atoms with Gasteiger partial charge < -0.3 is 15.4 Å². The van der Waals surface area contributed by atoms with Gasteiger partial charge in [0, 0.05) is 13.2 Å². The predicted molar refractivity (Wildman–Crippen MR) is 96.6 cm³/mol. The first-order chi connectivity index (χ1) is 14.2. The number of halogens is 5. The van der Waals surface area contributed by atoms with Crippen LogP contribution in [-0.4, -0.2) is 22.9 Å². The average Bonchev–Trinajstić information content (AvgIpc) is 2.70. The number of nitrogens with zero attached hydrogens (tertiary/aromatic N) is 2. The SMILES string of the molecule is CNC(=O)c1ccccc1Oc1nc(Nc2cccc(F)c2F)ncc1C(F)(F)F. The number of anilines is 2. The molecule has 0 aliphatic heterocycles. The number of rotatable bonds is 5. The molecule has 30 heavy (non-hydrogen) atoms. The first kappa shape index (κ1) is 21.0. The summed E-state index contributed by atoms with van der Waals surface area (Å²) in [5, 5.41) is 4.65. The van der Waals surface area contributed by atoms with Crippen molar-refractivity contribution in [2.45, 2.75) is 6.18 Å². The zero-order chi connectivity index (χ0) is 21.9. The standard InChI is InChI=1S/C19H13F5N4O2/c1-25-16(29)10-5-2-3-8-14(10)30-17-11(19(22,23)24)9-26-18(28-17)27-13-7-4-6-12(20)15(13)21/h2-9H,1H3,(H,25,29)(H,26,27,28). The number of carbonyl (C=O) groups excluding carboxylic acids is 1. The molecule has 0 saturated carbocycles. The van der Waals surface area contributed by atoms with Gasteiger partial charge in [-0.25, -0.2) is 13.8 Å². The molecule has 0 radical (unpaired) electrons. The molecule has 0 spiro atoms. The molecule has 156 valence electrons. The van der Waals surface area contributed by atoms with Crippen LogP contribution in [0.2, 0.25) is 0 Å². The predicted octanol–water partition coefficient (Wildman–Crippen LogP) is 4.67. The molecule has 1 heterocycles. The Kier molecular flexibility index (Phi) is 5.81. The summed E-state index contributed by atoms with van der Waals surface area (Å²) in [6.45, 7) is 0. The van der Waals surface area contributed by atoms with Crippen molar-refractivity contribution in [3.8, 4) is 11.6 Å². The highest BCUT2D eigenvalue weighted by molar-refractivity contribution is 5.96. The van der Waals surface area contributed by atoms with E-state index in [0.29, 0.717) is 6.20 Å². The van der Waals surface area contributed by atoms with E-state index in [0.717, 1.165) is 12.1 Å². The van der Waals surface area contributed by atoms with Crippen molar-refractivity contribution in [3.05, 3.63) is 71.4 Å². The molecule has 2 N–H and O–H groups in total. The van der Waals surface area contributed by atoms with E-state index in [-0.39, 0.29) is 17.0 Å². The largest absolute Gasteiger partial charge is 0.437 e. The van der Waals surface area contributed by atoms with Gasteiger partial charge >= 0.3 is 6.18 Å². The molecule has 0 fully saturated rings. The lowest BCUT2D eigenvalue weighted by Gasteiger charge is -2.15. The van der Waals surface area contributed by atoms with Crippen LogP contribution in [-0.2, 0) is 6.18 Å². The monoisotopic (exact) mass is 424 g/mol. The van der Waals surface area contributed by atoms with E-state index < -0.39 is 41.1 Å². The van der Waals surface area contributed by atoms with Crippen molar-refractivity contribution >= 4 is 17.5 Å². The van der Waals surface area contributed by atoms with E-state index in [1.807, 2.05) is 0 Å². The van der Waals surface area contributed by atoms with Crippen molar-refractivity contribution < 1.29 is 31.5 Å². The van der Waals surface area contributed by atoms with E-state index >= 15 is 0 Å². The van der Waals surface area contributed by atoms with Crippen molar-refractivity contribution in [1.29, 1.82) is 0 Å². The normalized spacial score (nSPS) is 11.1. The summed E-state index contributed by atoms with van der Waals surface area (Å²) in [5.74, 6) is -4.60. The Morgan fingerprint density at radius 3 is 2.50 bits per heavy atom. The van der Waals surface area contributed by atoms with Gasteiger partial charge in [0.1, 0.15) is 11.3 Å². The summed E-state index contributed by atoms with van der Waals surface area (Å²) in [7, 11) is 1.35. The molecule has 0 saturated heterocycles. The summed E-state index contributed by atoms with van der Waals surface area (Å²) in [4.78, 5) is 19.1. The maximum atomic E-state index is 13.8. The number of amides is 1. The van der Waals surface area contributed by atoms with E-state index in [1.54, 1.807) is 0 Å². The number of hydrogen-bond acceptors (Lipinski definition) is 5. The van der Waals surface area contributed by atoms with E-state index in [1.165, 1.54) is 37.4 Å². The molecule has 0 atom stereocenters. The second-order valence-corrected chi connectivity index (χ2v) is 5.81. The number of nitrogens with one attached hydrogen (secondary N) is 2. The Bertz CT molecular complexity index is 1090. The Hall–Kier alpha value is -3.76.